The molecule has 17 heavy (non-hydrogen) atoms. The van der Waals surface area contributed by atoms with E-state index in [1.807, 2.05) is 30.7 Å². The second-order valence-electron chi connectivity index (χ2n) is 3.98. The molecule has 0 fully saturated rings. The van der Waals surface area contributed by atoms with Crippen molar-refractivity contribution in [3.05, 3.63) is 41.7 Å². The lowest BCUT2D eigenvalue weighted by atomic mass is 10.0. The number of nitrogens with zero attached hydrogens (tertiary/aromatic N) is 4. The van der Waals surface area contributed by atoms with Crippen molar-refractivity contribution in [1.82, 2.24) is 19.7 Å². The lowest BCUT2D eigenvalue weighted by Crippen LogP contribution is -2.18. The van der Waals surface area contributed by atoms with Crippen molar-refractivity contribution in [2.75, 3.05) is 0 Å². The standard InChI is InChI=1S/C12H17N5/c1-3-17-12(15-8-16-17)7-11(13)10-5-4-6-14-9(10)2/h4-6,8,11H,3,7,13H2,1-2H3. The zero-order valence-electron chi connectivity index (χ0n) is 10.2. The van der Waals surface area contributed by atoms with Crippen LogP contribution in [0, 0.1) is 6.92 Å². The van der Waals surface area contributed by atoms with E-state index in [-0.39, 0.29) is 6.04 Å². The molecule has 1 unspecified atom stereocenters. The normalized spacial score (nSPS) is 12.6. The van der Waals surface area contributed by atoms with Gasteiger partial charge < -0.3 is 5.73 Å². The van der Waals surface area contributed by atoms with Gasteiger partial charge in [-0.15, -0.1) is 0 Å². The number of aromatic nitrogens is 4. The summed E-state index contributed by atoms with van der Waals surface area (Å²) in [5.74, 6) is 0.920. The molecule has 90 valence electrons. The van der Waals surface area contributed by atoms with Crippen molar-refractivity contribution in [1.29, 1.82) is 0 Å². The second-order valence-corrected chi connectivity index (χ2v) is 3.98. The van der Waals surface area contributed by atoms with Gasteiger partial charge in [0.2, 0.25) is 0 Å². The monoisotopic (exact) mass is 231 g/mol. The van der Waals surface area contributed by atoms with Crippen LogP contribution in [0.4, 0.5) is 0 Å². The molecule has 0 bridgehead atoms. The van der Waals surface area contributed by atoms with Crippen molar-refractivity contribution < 1.29 is 0 Å². The summed E-state index contributed by atoms with van der Waals surface area (Å²) in [5, 5.41) is 4.14. The number of aryl methyl sites for hydroxylation is 2. The minimum absolute atomic E-state index is 0.0850. The van der Waals surface area contributed by atoms with E-state index in [0.717, 1.165) is 23.6 Å². The summed E-state index contributed by atoms with van der Waals surface area (Å²) in [6.07, 6.45) is 4.03. The second kappa shape index (κ2) is 5.05. The molecule has 2 aromatic heterocycles. The zero-order valence-corrected chi connectivity index (χ0v) is 10.2. The highest BCUT2D eigenvalue weighted by Gasteiger charge is 2.13. The molecule has 5 heteroatoms. The summed E-state index contributed by atoms with van der Waals surface area (Å²) in [6.45, 7) is 4.83. The van der Waals surface area contributed by atoms with Crippen LogP contribution in [0.2, 0.25) is 0 Å². The van der Waals surface area contributed by atoms with E-state index < -0.39 is 0 Å². The minimum Gasteiger partial charge on any atom is -0.324 e. The summed E-state index contributed by atoms with van der Waals surface area (Å²) in [6, 6.07) is 3.84. The molecular formula is C12H17N5. The Bertz CT molecular complexity index is 491. The van der Waals surface area contributed by atoms with Gasteiger partial charge in [0.05, 0.1) is 0 Å². The molecule has 0 radical (unpaired) electrons. The van der Waals surface area contributed by atoms with Crippen LogP contribution in [0.3, 0.4) is 0 Å². The molecule has 2 N–H and O–H groups in total. The molecule has 0 spiro atoms. The fraction of sp³-hybridized carbons (Fsp3) is 0.417. The van der Waals surface area contributed by atoms with E-state index in [2.05, 4.69) is 15.1 Å². The first kappa shape index (κ1) is 11.7. The van der Waals surface area contributed by atoms with Crippen LogP contribution in [0.1, 0.15) is 30.0 Å². The van der Waals surface area contributed by atoms with Crippen LogP contribution in [0.25, 0.3) is 0 Å². The van der Waals surface area contributed by atoms with Gasteiger partial charge in [-0.25, -0.2) is 4.98 Å². The van der Waals surface area contributed by atoms with Crippen LogP contribution in [0.15, 0.2) is 24.7 Å². The lowest BCUT2D eigenvalue weighted by Gasteiger charge is -2.13. The Morgan fingerprint density at radius 1 is 1.41 bits per heavy atom. The van der Waals surface area contributed by atoms with Gasteiger partial charge in [0, 0.05) is 30.9 Å². The largest absolute Gasteiger partial charge is 0.324 e. The average molecular weight is 231 g/mol. The van der Waals surface area contributed by atoms with Crippen molar-refractivity contribution in [2.24, 2.45) is 5.73 Å². The van der Waals surface area contributed by atoms with Crippen molar-refractivity contribution in [3.63, 3.8) is 0 Å². The van der Waals surface area contributed by atoms with Gasteiger partial charge in [0.25, 0.3) is 0 Å². The molecule has 2 aromatic rings. The Morgan fingerprint density at radius 2 is 2.24 bits per heavy atom. The molecule has 0 aliphatic heterocycles. The first-order valence-electron chi connectivity index (χ1n) is 5.76. The number of hydrogen-bond acceptors (Lipinski definition) is 4. The summed E-state index contributed by atoms with van der Waals surface area (Å²) in [5.41, 5.74) is 8.23. The van der Waals surface area contributed by atoms with Gasteiger partial charge in [-0.05, 0) is 25.5 Å². The Morgan fingerprint density at radius 3 is 2.94 bits per heavy atom. The molecule has 2 rings (SSSR count). The van der Waals surface area contributed by atoms with E-state index >= 15 is 0 Å². The molecule has 1 atom stereocenters. The Balaban J connectivity index is 2.17. The molecular weight excluding hydrogens is 214 g/mol. The number of rotatable bonds is 4. The first-order valence-corrected chi connectivity index (χ1v) is 5.76. The first-order chi connectivity index (χ1) is 8.22. The highest BCUT2D eigenvalue weighted by atomic mass is 15.3. The van der Waals surface area contributed by atoms with Gasteiger partial charge in [0.1, 0.15) is 12.2 Å². The predicted molar refractivity (Wildman–Crippen MR) is 65.3 cm³/mol. The summed E-state index contributed by atoms with van der Waals surface area (Å²) in [7, 11) is 0. The third-order valence-electron chi connectivity index (χ3n) is 2.85. The Hall–Kier alpha value is -1.75. The van der Waals surface area contributed by atoms with Crippen molar-refractivity contribution >= 4 is 0 Å². The van der Waals surface area contributed by atoms with E-state index in [1.165, 1.54) is 0 Å². The predicted octanol–water partition coefficient (Wildman–Crippen LogP) is 1.24. The molecule has 0 saturated heterocycles. The fourth-order valence-corrected chi connectivity index (χ4v) is 1.91. The summed E-state index contributed by atoms with van der Waals surface area (Å²) >= 11 is 0. The summed E-state index contributed by atoms with van der Waals surface area (Å²) in [4.78, 5) is 8.48. The van der Waals surface area contributed by atoms with Gasteiger partial charge in [0.15, 0.2) is 0 Å². The topological polar surface area (TPSA) is 69.6 Å². The number of pyridine rings is 1. The quantitative estimate of drug-likeness (QED) is 0.859. The van der Waals surface area contributed by atoms with Crippen LogP contribution >= 0.6 is 0 Å². The lowest BCUT2D eigenvalue weighted by molar-refractivity contribution is 0.579. The molecule has 0 aromatic carbocycles. The van der Waals surface area contributed by atoms with Gasteiger partial charge >= 0.3 is 0 Å². The van der Waals surface area contributed by atoms with Crippen LogP contribution in [-0.4, -0.2) is 19.7 Å². The highest BCUT2D eigenvalue weighted by molar-refractivity contribution is 5.22. The zero-order chi connectivity index (χ0) is 12.3. The molecule has 0 amide bonds. The highest BCUT2D eigenvalue weighted by Crippen LogP contribution is 2.16. The Kier molecular flexibility index (Phi) is 3.49. The minimum atomic E-state index is -0.0850. The average Bonchev–Trinajstić information content (AvgIpc) is 2.76. The maximum Gasteiger partial charge on any atom is 0.138 e. The van der Waals surface area contributed by atoms with Crippen molar-refractivity contribution in [2.45, 2.75) is 32.9 Å². The SMILES string of the molecule is CCn1ncnc1CC(N)c1cccnc1C. The van der Waals surface area contributed by atoms with Crippen LogP contribution < -0.4 is 5.73 Å². The van der Waals surface area contributed by atoms with Crippen LogP contribution in [-0.2, 0) is 13.0 Å². The third-order valence-corrected chi connectivity index (χ3v) is 2.85. The van der Waals surface area contributed by atoms with E-state index in [1.54, 1.807) is 12.5 Å². The summed E-state index contributed by atoms with van der Waals surface area (Å²) < 4.78 is 1.87. The fourth-order valence-electron chi connectivity index (χ4n) is 1.91. The van der Waals surface area contributed by atoms with Gasteiger partial charge in [-0.1, -0.05) is 6.07 Å². The van der Waals surface area contributed by atoms with Gasteiger partial charge in [-0.3, -0.25) is 9.67 Å². The van der Waals surface area contributed by atoms with Crippen molar-refractivity contribution in [3.8, 4) is 0 Å². The molecule has 0 saturated carbocycles. The third kappa shape index (κ3) is 2.50. The molecule has 5 nitrogen and oxygen atoms in total. The molecule has 0 aliphatic rings. The maximum atomic E-state index is 6.19. The van der Waals surface area contributed by atoms with Crippen LogP contribution in [0.5, 0.6) is 0 Å². The number of hydrogen-bond donors (Lipinski definition) is 1. The smallest absolute Gasteiger partial charge is 0.138 e. The van der Waals surface area contributed by atoms with Gasteiger partial charge in [-0.2, -0.15) is 5.10 Å². The van der Waals surface area contributed by atoms with E-state index in [9.17, 15) is 0 Å². The Labute approximate surface area is 101 Å². The van der Waals surface area contributed by atoms with E-state index in [4.69, 9.17) is 5.73 Å². The number of nitrogens with two attached hydrogens (primary N) is 1. The molecule has 0 aliphatic carbocycles. The maximum absolute atomic E-state index is 6.19. The molecule has 2 heterocycles. The van der Waals surface area contributed by atoms with E-state index in [0.29, 0.717) is 6.42 Å².